The van der Waals surface area contributed by atoms with Gasteiger partial charge in [-0.1, -0.05) is 26.3 Å². The van der Waals surface area contributed by atoms with Crippen molar-refractivity contribution in [1.29, 1.82) is 0 Å². The van der Waals surface area contributed by atoms with Crippen molar-refractivity contribution in [3.63, 3.8) is 0 Å². The van der Waals surface area contributed by atoms with E-state index in [1.54, 1.807) is 0 Å². The lowest BCUT2D eigenvalue weighted by atomic mass is 9.82. The predicted molar refractivity (Wildman–Crippen MR) is 67.9 cm³/mol. The molecule has 0 aliphatic heterocycles. The highest BCUT2D eigenvalue weighted by atomic mass is 15.0. The van der Waals surface area contributed by atoms with E-state index in [9.17, 15) is 0 Å². The molecular weight excluding hydrogens is 196 g/mol. The molecule has 1 aliphatic carbocycles. The van der Waals surface area contributed by atoms with Crippen molar-refractivity contribution < 1.29 is 0 Å². The van der Waals surface area contributed by atoms with Crippen LogP contribution in [-0.2, 0) is 0 Å². The van der Waals surface area contributed by atoms with E-state index >= 15 is 0 Å². The predicted octanol–water partition coefficient (Wildman–Crippen LogP) is 3.94. The van der Waals surface area contributed by atoms with Crippen molar-refractivity contribution in [3.8, 4) is 0 Å². The van der Waals surface area contributed by atoms with E-state index in [1.165, 1.54) is 30.7 Å². The topological polar surface area (TPSA) is 17.3 Å². The zero-order valence-electron chi connectivity index (χ0n) is 10.4. The first-order valence-electron chi connectivity index (χ1n) is 6.30. The summed E-state index contributed by atoms with van der Waals surface area (Å²) in [5.74, 6) is 0.731. The molecular formula is C14H20N2. The van der Waals surface area contributed by atoms with E-state index in [-0.39, 0.29) is 0 Å². The highest BCUT2D eigenvalue weighted by Crippen LogP contribution is 2.37. The Balaban J connectivity index is 0.000000457. The Kier molecular flexibility index (Phi) is 3.28. The van der Waals surface area contributed by atoms with E-state index in [0.29, 0.717) is 0 Å². The number of nitrogens with zero attached hydrogens (tertiary/aromatic N) is 2. The fraction of sp³-hybridized carbons (Fsp3) is 0.500. The minimum absolute atomic E-state index is 0.731. The SMILES string of the molecule is CC.Cc1c(C2CCC2)nc2ccccn12. The van der Waals surface area contributed by atoms with Gasteiger partial charge in [0.1, 0.15) is 5.65 Å². The van der Waals surface area contributed by atoms with Crippen LogP contribution in [0.15, 0.2) is 24.4 Å². The Morgan fingerprint density at radius 3 is 2.56 bits per heavy atom. The van der Waals surface area contributed by atoms with Gasteiger partial charge in [0.15, 0.2) is 0 Å². The monoisotopic (exact) mass is 216 g/mol. The Labute approximate surface area is 97.3 Å². The number of imidazole rings is 1. The van der Waals surface area contributed by atoms with Gasteiger partial charge in [0.05, 0.1) is 5.69 Å². The molecule has 0 atom stereocenters. The molecule has 1 saturated carbocycles. The molecule has 0 saturated heterocycles. The molecule has 2 heterocycles. The van der Waals surface area contributed by atoms with Crippen LogP contribution >= 0.6 is 0 Å². The molecule has 0 bridgehead atoms. The molecule has 2 heteroatoms. The van der Waals surface area contributed by atoms with E-state index in [0.717, 1.165) is 11.6 Å². The van der Waals surface area contributed by atoms with Crippen LogP contribution in [0.4, 0.5) is 0 Å². The second kappa shape index (κ2) is 4.69. The standard InChI is InChI=1S/C12H14N2.C2H6/c1-9-12(10-5-4-6-10)13-11-7-2-3-8-14(9)11;1-2/h2-3,7-8,10H,4-6H2,1H3;1-2H3. The van der Waals surface area contributed by atoms with Crippen LogP contribution in [-0.4, -0.2) is 9.38 Å². The van der Waals surface area contributed by atoms with Crippen molar-refractivity contribution in [1.82, 2.24) is 9.38 Å². The number of hydrogen-bond acceptors (Lipinski definition) is 1. The quantitative estimate of drug-likeness (QED) is 0.706. The summed E-state index contributed by atoms with van der Waals surface area (Å²) < 4.78 is 2.19. The maximum absolute atomic E-state index is 4.70. The van der Waals surface area contributed by atoms with Crippen LogP contribution in [0.25, 0.3) is 5.65 Å². The molecule has 1 fully saturated rings. The molecule has 0 unspecified atom stereocenters. The third-order valence-electron chi connectivity index (χ3n) is 3.30. The first-order valence-corrected chi connectivity index (χ1v) is 6.30. The molecule has 0 amide bonds. The summed E-state index contributed by atoms with van der Waals surface area (Å²) in [5.41, 5.74) is 3.74. The number of rotatable bonds is 1. The number of pyridine rings is 1. The smallest absolute Gasteiger partial charge is 0.137 e. The second-order valence-electron chi connectivity index (χ2n) is 4.14. The van der Waals surface area contributed by atoms with Crippen molar-refractivity contribution in [2.24, 2.45) is 0 Å². The Morgan fingerprint density at radius 2 is 2.00 bits per heavy atom. The highest BCUT2D eigenvalue weighted by Gasteiger charge is 2.24. The summed E-state index contributed by atoms with van der Waals surface area (Å²) in [6.45, 7) is 6.17. The van der Waals surface area contributed by atoms with Gasteiger partial charge >= 0.3 is 0 Å². The maximum Gasteiger partial charge on any atom is 0.137 e. The number of hydrogen-bond donors (Lipinski definition) is 0. The van der Waals surface area contributed by atoms with Crippen LogP contribution in [0.3, 0.4) is 0 Å². The summed E-state index contributed by atoms with van der Waals surface area (Å²) >= 11 is 0. The van der Waals surface area contributed by atoms with Gasteiger partial charge in [0, 0.05) is 17.8 Å². The average molecular weight is 216 g/mol. The molecule has 2 aromatic heterocycles. The molecule has 86 valence electrons. The van der Waals surface area contributed by atoms with Gasteiger partial charge in [-0.3, -0.25) is 0 Å². The Hall–Kier alpha value is -1.31. The highest BCUT2D eigenvalue weighted by molar-refractivity contribution is 5.43. The van der Waals surface area contributed by atoms with E-state index < -0.39 is 0 Å². The summed E-state index contributed by atoms with van der Waals surface area (Å²) in [4.78, 5) is 4.70. The number of aryl methyl sites for hydroxylation is 1. The van der Waals surface area contributed by atoms with Crippen molar-refractivity contribution in [2.45, 2.75) is 46.0 Å². The van der Waals surface area contributed by atoms with Gasteiger partial charge in [-0.25, -0.2) is 4.98 Å². The Bertz CT molecular complexity index is 467. The molecule has 3 rings (SSSR count). The third kappa shape index (κ3) is 1.73. The van der Waals surface area contributed by atoms with Gasteiger partial charge in [-0.2, -0.15) is 0 Å². The summed E-state index contributed by atoms with van der Waals surface area (Å²) in [6.07, 6.45) is 6.12. The molecule has 16 heavy (non-hydrogen) atoms. The first-order chi connectivity index (χ1) is 7.86. The Morgan fingerprint density at radius 1 is 1.25 bits per heavy atom. The van der Waals surface area contributed by atoms with Gasteiger partial charge in [-0.05, 0) is 31.9 Å². The molecule has 2 aromatic rings. The summed E-state index contributed by atoms with van der Waals surface area (Å²) in [7, 11) is 0. The van der Waals surface area contributed by atoms with Gasteiger partial charge < -0.3 is 4.40 Å². The van der Waals surface area contributed by atoms with Crippen molar-refractivity contribution >= 4 is 5.65 Å². The van der Waals surface area contributed by atoms with Crippen LogP contribution in [0, 0.1) is 6.92 Å². The molecule has 0 aromatic carbocycles. The number of aromatic nitrogens is 2. The average Bonchev–Trinajstić information content (AvgIpc) is 2.58. The zero-order chi connectivity index (χ0) is 11.5. The second-order valence-corrected chi connectivity index (χ2v) is 4.14. The van der Waals surface area contributed by atoms with Gasteiger partial charge in [0.2, 0.25) is 0 Å². The van der Waals surface area contributed by atoms with E-state index in [4.69, 9.17) is 4.98 Å². The molecule has 0 spiro atoms. The van der Waals surface area contributed by atoms with Crippen LogP contribution < -0.4 is 0 Å². The molecule has 2 nitrogen and oxygen atoms in total. The third-order valence-corrected chi connectivity index (χ3v) is 3.30. The first kappa shape index (κ1) is 11.2. The zero-order valence-corrected chi connectivity index (χ0v) is 10.4. The minimum atomic E-state index is 0.731. The normalized spacial score (nSPS) is 15.4. The summed E-state index contributed by atoms with van der Waals surface area (Å²) in [6, 6.07) is 6.19. The van der Waals surface area contributed by atoms with Crippen molar-refractivity contribution in [2.75, 3.05) is 0 Å². The van der Waals surface area contributed by atoms with Crippen LogP contribution in [0.5, 0.6) is 0 Å². The molecule has 0 N–H and O–H groups in total. The number of fused-ring (bicyclic) bond motifs is 1. The largest absolute Gasteiger partial charge is 0.304 e. The molecule has 1 aliphatic rings. The summed E-state index contributed by atoms with van der Waals surface area (Å²) in [5, 5.41) is 0. The lowest BCUT2D eigenvalue weighted by Crippen LogP contribution is -2.10. The van der Waals surface area contributed by atoms with Crippen LogP contribution in [0.1, 0.15) is 50.4 Å². The minimum Gasteiger partial charge on any atom is -0.304 e. The van der Waals surface area contributed by atoms with Gasteiger partial charge in [-0.15, -0.1) is 0 Å². The van der Waals surface area contributed by atoms with Crippen molar-refractivity contribution in [3.05, 3.63) is 35.8 Å². The van der Waals surface area contributed by atoms with E-state index in [1.807, 2.05) is 19.9 Å². The maximum atomic E-state index is 4.70. The molecule has 0 radical (unpaired) electrons. The fourth-order valence-electron chi connectivity index (χ4n) is 2.20. The lowest BCUT2D eigenvalue weighted by Gasteiger charge is -2.23. The lowest BCUT2D eigenvalue weighted by molar-refractivity contribution is 0.411. The van der Waals surface area contributed by atoms with Crippen LogP contribution in [0.2, 0.25) is 0 Å². The van der Waals surface area contributed by atoms with E-state index in [2.05, 4.69) is 29.7 Å². The van der Waals surface area contributed by atoms with Gasteiger partial charge in [0.25, 0.3) is 0 Å². The fourth-order valence-corrected chi connectivity index (χ4v) is 2.20.